The number of nitrogens with one attached hydrogen (secondary N) is 1. The van der Waals surface area contributed by atoms with Crippen LogP contribution in [0, 0.1) is 0 Å². The highest BCUT2D eigenvalue weighted by Crippen LogP contribution is 2.36. The summed E-state index contributed by atoms with van der Waals surface area (Å²) in [5.74, 6) is -0.765. The fourth-order valence-corrected chi connectivity index (χ4v) is 4.85. The van der Waals surface area contributed by atoms with Crippen molar-refractivity contribution < 1.29 is 23.9 Å². The molecule has 11 nitrogen and oxygen atoms in total. The highest BCUT2D eigenvalue weighted by molar-refractivity contribution is 6.15. The summed E-state index contributed by atoms with van der Waals surface area (Å²) in [7, 11) is 3.34. The Morgan fingerprint density at radius 3 is 2.62 bits per heavy atom. The van der Waals surface area contributed by atoms with E-state index in [9.17, 15) is 19.2 Å². The van der Waals surface area contributed by atoms with Gasteiger partial charge in [0.05, 0.1) is 22.3 Å². The van der Waals surface area contributed by atoms with E-state index in [-0.39, 0.29) is 35.3 Å². The molecule has 1 aromatic heterocycles. The molecule has 11 heteroatoms. The third-order valence-electron chi connectivity index (χ3n) is 7.28. The van der Waals surface area contributed by atoms with Crippen LogP contribution in [-0.2, 0) is 19.1 Å². The third kappa shape index (κ3) is 4.87. The van der Waals surface area contributed by atoms with Crippen molar-refractivity contribution >= 4 is 40.0 Å². The van der Waals surface area contributed by atoms with Gasteiger partial charge in [-0.1, -0.05) is 31.4 Å². The smallest absolute Gasteiger partial charge is 0.272 e. The predicted molar refractivity (Wildman–Crippen MR) is 150 cm³/mol. The van der Waals surface area contributed by atoms with Crippen LogP contribution in [0.25, 0.3) is 27.7 Å². The fraction of sp³-hybridized carbons (Fsp3) is 0.276. The first-order chi connectivity index (χ1) is 19.2. The van der Waals surface area contributed by atoms with Crippen molar-refractivity contribution in [2.75, 3.05) is 38.8 Å². The normalized spacial score (nSPS) is 15.2. The largest absolute Gasteiger partial charge is 0.482 e. The van der Waals surface area contributed by atoms with E-state index in [0.717, 1.165) is 10.1 Å². The molecule has 40 heavy (non-hydrogen) atoms. The number of para-hydroxylation sites is 1. The number of hydrogen-bond donors (Lipinski definition) is 1. The number of anilines is 1. The van der Waals surface area contributed by atoms with Gasteiger partial charge in [-0.15, -0.1) is 0 Å². The lowest BCUT2D eigenvalue weighted by Crippen LogP contribution is -2.44. The Morgan fingerprint density at radius 2 is 1.88 bits per heavy atom. The molecule has 1 N–H and O–H groups in total. The number of amides is 3. The zero-order chi connectivity index (χ0) is 28.6. The first-order valence-electron chi connectivity index (χ1n) is 12.8. The van der Waals surface area contributed by atoms with Crippen molar-refractivity contribution in [1.29, 1.82) is 0 Å². The molecule has 0 aliphatic carbocycles. The first-order valence-corrected chi connectivity index (χ1v) is 12.8. The number of ether oxygens (including phenoxy) is 2. The van der Waals surface area contributed by atoms with E-state index in [1.807, 2.05) is 12.1 Å². The van der Waals surface area contributed by atoms with E-state index in [1.54, 1.807) is 43.3 Å². The number of benzene rings is 2. The molecule has 0 saturated carbocycles. The van der Waals surface area contributed by atoms with E-state index in [0.29, 0.717) is 48.6 Å². The van der Waals surface area contributed by atoms with Crippen molar-refractivity contribution in [1.82, 2.24) is 19.8 Å². The van der Waals surface area contributed by atoms with E-state index in [1.165, 1.54) is 11.2 Å². The predicted octanol–water partition coefficient (Wildman–Crippen LogP) is 2.16. The number of fused-ring (bicyclic) bond motifs is 2. The molecule has 0 spiro atoms. The first kappa shape index (κ1) is 26.8. The minimum atomic E-state index is -0.747. The van der Waals surface area contributed by atoms with Crippen molar-refractivity contribution in [3.63, 3.8) is 0 Å². The van der Waals surface area contributed by atoms with E-state index < -0.39 is 17.4 Å². The molecule has 0 atom stereocenters. The number of likely N-dealkylation sites (N-methyl/N-ethyl adjacent to an activating group) is 2. The van der Waals surface area contributed by atoms with Gasteiger partial charge in [-0.25, -0.2) is 4.98 Å². The summed E-state index contributed by atoms with van der Waals surface area (Å²) in [4.78, 5) is 58.6. The van der Waals surface area contributed by atoms with Crippen LogP contribution in [-0.4, -0.2) is 72.1 Å². The Kier molecular flexibility index (Phi) is 7.22. The van der Waals surface area contributed by atoms with Crippen LogP contribution in [0.4, 0.5) is 5.69 Å². The molecule has 206 valence electrons. The van der Waals surface area contributed by atoms with Gasteiger partial charge in [-0.3, -0.25) is 23.7 Å². The van der Waals surface area contributed by atoms with Gasteiger partial charge in [-0.05, 0) is 36.6 Å². The number of carbonyl (C=O) groups is 3. The molecule has 3 amide bonds. The molecule has 1 saturated heterocycles. The summed E-state index contributed by atoms with van der Waals surface area (Å²) >= 11 is 0. The second-order valence-electron chi connectivity index (χ2n) is 9.68. The molecule has 2 aromatic carbocycles. The SMILES string of the molecule is C=C(NC(=O)C(=C)n1cnc2c(-c3ccc4c(c3)OCC(=O)N4C)cccc2c1=O)C(=O)N(C)C1CCOCC1. The molecule has 1 fully saturated rings. The number of carbonyl (C=O) groups excluding carboxylic acids is 3. The van der Waals surface area contributed by atoms with Gasteiger partial charge in [0.15, 0.2) is 6.61 Å². The zero-order valence-electron chi connectivity index (χ0n) is 22.3. The summed E-state index contributed by atoms with van der Waals surface area (Å²) < 4.78 is 12.0. The molecule has 0 bridgehead atoms. The Morgan fingerprint density at radius 1 is 1.12 bits per heavy atom. The lowest BCUT2D eigenvalue weighted by atomic mass is 10.0. The number of hydrogen-bond acceptors (Lipinski definition) is 7. The van der Waals surface area contributed by atoms with Crippen molar-refractivity contribution in [3.05, 3.63) is 71.9 Å². The summed E-state index contributed by atoms with van der Waals surface area (Å²) in [6, 6.07) is 10.5. The molecule has 0 unspecified atom stereocenters. The van der Waals surface area contributed by atoms with Gasteiger partial charge in [0.2, 0.25) is 0 Å². The highest BCUT2D eigenvalue weighted by atomic mass is 16.5. The molecule has 0 radical (unpaired) electrons. The van der Waals surface area contributed by atoms with Gasteiger partial charge in [0, 0.05) is 38.9 Å². The van der Waals surface area contributed by atoms with Crippen molar-refractivity contribution in [3.8, 4) is 16.9 Å². The number of nitrogens with zero attached hydrogens (tertiary/aromatic N) is 4. The van der Waals surface area contributed by atoms with Gasteiger partial charge in [0.25, 0.3) is 23.3 Å². The Hall–Kier alpha value is -4.77. The molecule has 2 aliphatic rings. The quantitative estimate of drug-likeness (QED) is 0.473. The lowest BCUT2D eigenvalue weighted by molar-refractivity contribution is -0.131. The fourth-order valence-electron chi connectivity index (χ4n) is 4.85. The highest BCUT2D eigenvalue weighted by Gasteiger charge is 2.26. The minimum Gasteiger partial charge on any atom is -0.482 e. The van der Waals surface area contributed by atoms with Gasteiger partial charge < -0.3 is 24.6 Å². The Labute approximate surface area is 230 Å². The van der Waals surface area contributed by atoms with Crippen LogP contribution in [0.5, 0.6) is 5.75 Å². The van der Waals surface area contributed by atoms with E-state index in [2.05, 4.69) is 23.5 Å². The second-order valence-corrected chi connectivity index (χ2v) is 9.68. The van der Waals surface area contributed by atoms with Crippen molar-refractivity contribution in [2.45, 2.75) is 18.9 Å². The molecule has 3 aromatic rings. The molecule has 5 rings (SSSR count). The molecule has 2 aliphatic heterocycles. The second kappa shape index (κ2) is 10.8. The van der Waals surface area contributed by atoms with E-state index >= 15 is 0 Å². The summed E-state index contributed by atoms with van der Waals surface area (Å²) in [6.07, 6.45) is 2.63. The molecular formula is C29H29N5O6. The standard InChI is InChI=1S/C29H29N5O6/c1-17(28(37)32(3)20-10-12-39-13-11-20)31-27(36)18(2)34-16-30-26-21(6-5-7-22(26)29(34)38)19-8-9-23-24(14-19)40-15-25(35)33(23)4/h5-9,14,16,20H,1-2,10-13,15H2,3-4H3,(H,31,36). The summed E-state index contributed by atoms with van der Waals surface area (Å²) in [5.41, 5.74) is 1.68. The van der Waals surface area contributed by atoms with Crippen molar-refractivity contribution in [2.24, 2.45) is 0 Å². The van der Waals surface area contributed by atoms with Crippen LogP contribution < -0.4 is 20.5 Å². The monoisotopic (exact) mass is 543 g/mol. The van der Waals surface area contributed by atoms with Gasteiger partial charge >= 0.3 is 0 Å². The van der Waals surface area contributed by atoms with Crippen LogP contribution in [0.1, 0.15) is 12.8 Å². The molecular weight excluding hydrogens is 514 g/mol. The average molecular weight is 544 g/mol. The average Bonchev–Trinajstić information content (AvgIpc) is 2.98. The minimum absolute atomic E-state index is 0.00955. The van der Waals surface area contributed by atoms with Crippen LogP contribution in [0.15, 0.2) is 66.4 Å². The maximum Gasteiger partial charge on any atom is 0.272 e. The maximum absolute atomic E-state index is 13.4. The Balaban J connectivity index is 1.37. The van der Waals surface area contributed by atoms with Crippen LogP contribution in [0.2, 0.25) is 0 Å². The summed E-state index contributed by atoms with van der Waals surface area (Å²) in [5, 5.41) is 2.73. The maximum atomic E-state index is 13.4. The Bertz CT molecular complexity index is 1620. The topological polar surface area (TPSA) is 123 Å². The lowest BCUT2D eigenvalue weighted by Gasteiger charge is -2.31. The van der Waals surface area contributed by atoms with E-state index in [4.69, 9.17) is 9.47 Å². The molecule has 3 heterocycles. The number of rotatable bonds is 6. The van der Waals surface area contributed by atoms with Gasteiger partial charge in [0.1, 0.15) is 17.8 Å². The number of aromatic nitrogens is 2. The zero-order valence-corrected chi connectivity index (χ0v) is 22.3. The van der Waals surface area contributed by atoms with Gasteiger partial charge in [-0.2, -0.15) is 0 Å². The van der Waals surface area contributed by atoms with Crippen LogP contribution in [0.3, 0.4) is 0 Å². The van der Waals surface area contributed by atoms with Crippen LogP contribution >= 0.6 is 0 Å². The third-order valence-corrected chi connectivity index (χ3v) is 7.28. The summed E-state index contributed by atoms with van der Waals surface area (Å²) in [6.45, 7) is 8.55.